The second-order valence-corrected chi connectivity index (χ2v) is 2.32. The molecule has 0 fully saturated rings. The largest absolute Gasteiger partial charge is 0.399 e. The van der Waals surface area contributed by atoms with Crippen molar-refractivity contribution in [1.82, 2.24) is 0 Å². The van der Waals surface area contributed by atoms with Crippen molar-refractivity contribution in [3.8, 4) is 0 Å². The molecule has 0 aromatic rings. The molecule has 0 unspecified atom stereocenters. The molecule has 0 heterocycles. The number of allylic oxidation sites excluding steroid dienone is 5. The second kappa shape index (κ2) is 3.25. The van der Waals surface area contributed by atoms with Crippen LogP contribution >= 0.6 is 0 Å². The zero-order valence-corrected chi connectivity index (χ0v) is 6.17. The lowest BCUT2D eigenvalue weighted by molar-refractivity contribution is 1.10. The Morgan fingerprint density at radius 3 is 2.80 bits per heavy atom. The van der Waals surface area contributed by atoms with Gasteiger partial charge in [0.1, 0.15) is 0 Å². The van der Waals surface area contributed by atoms with E-state index < -0.39 is 0 Å². The van der Waals surface area contributed by atoms with Gasteiger partial charge in [-0.05, 0) is 19.4 Å². The van der Waals surface area contributed by atoms with E-state index in [1.54, 1.807) is 0 Å². The fourth-order valence-electron chi connectivity index (χ4n) is 0.913. The summed E-state index contributed by atoms with van der Waals surface area (Å²) in [6.45, 7) is 2.02. The number of nitrogens with two attached hydrogens (primary N) is 1. The molecule has 1 nitrogen and oxygen atoms in total. The summed E-state index contributed by atoms with van der Waals surface area (Å²) in [6.07, 6.45) is 11.1. The summed E-state index contributed by atoms with van der Waals surface area (Å²) >= 11 is 0. The lowest BCUT2D eigenvalue weighted by Crippen LogP contribution is -2.00. The van der Waals surface area contributed by atoms with Crippen LogP contribution in [0.3, 0.4) is 0 Å². The predicted molar refractivity (Wildman–Crippen MR) is 44.1 cm³/mol. The van der Waals surface area contributed by atoms with Gasteiger partial charge >= 0.3 is 0 Å². The third-order valence-corrected chi connectivity index (χ3v) is 1.44. The number of hydrogen-bond acceptors (Lipinski definition) is 1. The van der Waals surface area contributed by atoms with Gasteiger partial charge in [0.2, 0.25) is 0 Å². The van der Waals surface area contributed by atoms with Crippen LogP contribution in [0.5, 0.6) is 0 Å². The summed E-state index contributed by atoms with van der Waals surface area (Å²) in [5, 5.41) is 0. The van der Waals surface area contributed by atoms with Crippen LogP contribution in [-0.2, 0) is 0 Å². The first-order valence-corrected chi connectivity index (χ1v) is 3.45. The Morgan fingerprint density at radius 1 is 1.50 bits per heavy atom. The van der Waals surface area contributed by atoms with Crippen LogP contribution in [-0.4, -0.2) is 0 Å². The van der Waals surface area contributed by atoms with Crippen molar-refractivity contribution in [2.24, 2.45) is 5.73 Å². The highest BCUT2D eigenvalue weighted by molar-refractivity contribution is 5.34. The number of rotatable bonds is 1. The SMILES string of the molecule is C/C=C\[C]1C=CC(N)=CC1. The normalized spacial score (nSPS) is 19.9. The molecular formula is C9H12N. The van der Waals surface area contributed by atoms with Gasteiger partial charge in [0.25, 0.3) is 0 Å². The van der Waals surface area contributed by atoms with Gasteiger partial charge in [-0.2, -0.15) is 0 Å². The van der Waals surface area contributed by atoms with Crippen molar-refractivity contribution in [2.45, 2.75) is 13.3 Å². The molecule has 0 atom stereocenters. The van der Waals surface area contributed by atoms with Gasteiger partial charge in [0.15, 0.2) is 0 Å². The minimum absolute atomic E-state index is 0.869. The molecule has 0 amide bonds. The topological polar surface area (TPSA) is 26.0 Å². The molecule has 0 aromatic heterocycles. The van der Waals surface area contributed by atoms with Crippen molar-refractivity contribution >= 4 is 0 Å². The molecule has 0 saturated carbocycles. The first kappa shape index (κ1) is 7.13. The van der Waals surface area contributed by atoms with Crippen LogP contribution in [0.2, 0.25) is 0 Å². The van der Waals surface area contributed by atoms with Gasteiger partial charge in [-0.3, -0.25) is 0 Å². The van der Waals surface area contributed by atoms with E-state index in [0.29, 0.717) is 0 Å². The quantitative estimate of drug-likeness (QED) is 0.582. The highest BCUT2D eigenvalue weighted by Gasteiger charge is 2.02. The molecule has 0 aromatic carbocycles. The van der Waals surface area contributed by atoms with Gasteiger partial charge in [-0.15, -0.1) is 0 Å². The van der Waals surface area contributed by atoms with E-state index in [4.69, 9.17) is 5.73 Å². The van der Waals surface area contributed by atoms with Crippen molar-refractivity contribution in [2.75, 3.05) is 0 Å². The average Bonchev–Trinajstić information content (AvgIpc) is 1.95. The van der Waals surface area contributed by atoms with Gasteiger partial charge in [-0.1, -0.05) is 24.3 Å². The van der Waals surface area contributed by atoms with Gasteiger partial charge < -0.3 is 5.73 Å². The highest BCUT2D eigenvalue weighted by Crippen LogP contribution is 2.16. The highest BCUT2D eigenvalue weighted by atomic mass is 14.6. The van der Waals surface area contributed by atoms with E-state index in [2.05, 4.69) is 12.2 Å². The Kier molecular flexibility index (Phi) is 2.32. The predicted octanol–water partition coefficient (Wildman–Crippen LogP) is 1.94. The summed E-state index contributed by atoms with van der Waals surface area (Å²) in [6, 6.07) is 0. The lowest BCUT2D eigenvalue weighted by atomic mass is 9.99. The molecule has 1 aliphatic carbocycles. The van der Waals surface area contributed by atoms with Crippen LogP contribution < -0.4 is 5.73 Å². The average molecular weight is 134 g/mol. The van der Waals surface area contributed by atoms with Crippen molar-refractivity contribution in [3.05, 3.63) is 42.0 Å². The maximum atomic E-state index is 5.53. The Hall–Kier alpha value is -0.980. The molecule has 1 rings (SSSR count). The van der Waals surface area contributed by atoms with E-state index in [-0.39, 0.29) is 0 Å². The summed E-state index contributed by atoms with van der Waals surface area (Å²) in [5.41, 5.74) is 6.40. The third kappa shape index (κ3) is 1.76. The zero-order chi connectivity index (χ0) is 7.40. The first-order valence-electron chi connectivity index (χ1n) is 3.45. The summed E-state index contributed by atoms with van der Waals surface area (Å²) in [4.78, 5) is 0. The van der Waals surface area contributed by atoms with E-state index in [0.717, 1.165) is 12.1 Å². The van der Waals surface area contributed by atoms with E-state index in [1.807, 2.05) is 25.2 Å². The summed E-state index contributed by atoms with van der Waals surface area (Å²) in [7, 11) is 0. The first-order chi connectivity index (χ1) is 4.83. The van der Waals surface area contributed by atoms with E-state index in [1.165, 1.54) is 5.92 Å². The Balaban J connectivity index is 2.52. The van der Waals surface area contributed by atoms with Crippen molar-refractivity contribution < 1.29 is 0 Å². The van der Waals surface area contributed by atoms with Crippen LogP contribution in [0, 0.1) is 5.92 Å². The van der Waals surface area contributed by atoms with Crippen LogP contribution in [0.15, 0.2) is 36.1 Å². The maximum Gasteiger partial charge on any atom is 0.0271 e. The molecule has 0 bridgehead atoms. The molecule has 0 aliphatic heterocycles. The summed E-state index contributed by atoms with van der Waals surface area (Å²) in [5.74, 6) is 1.32. The molecule has 1 radical (unpaired) electrons. The lowest BCUT2D eigenvalue weighted by Gasteiger charge is -2.07. The molecule has 0 spiro atoms. The fraction of sp³-hybridized carbons (Fsp3) is 0.222. The molecule has 10 heavy (non-hydrogen) atoms. The second-order valence-electron chi connectivity index (χ2n) is 2.32. The standard InChI is InChI=1S/C9H12N/c1-2-3-8-4-6-9(10)7-5-8/h2-4,6-7H,5,10H2,1H3/b3-2-. The van der Waals surface area contributed by atoms with Crippen LogP contribution in [0.4, 0.5) is 0 Å². The Bertz CT molecular complexity index is 187. The van der Waals surface area contributed by atoms with Gasteiger partial charge in [0, 0.05) is 11.6 Å². The van der Waals surface area contributed by atoms with Crippen LogP contribution in [0.1, 0.15) is 13.3 Å². The molecular weight excluding hydrogens is 122 g/mol. The molecule has 2 N–H and O–H groups in total. The summed E-state index contributed by atoms with van der Waals surface area (Å²) < 4.78 is 0. The Labute approximate surface area is 61.9 Å². The maximum absolute atomic E-state index is 5.53. The monoisotopic (exact) mass is 134 g/mol. The third-order valence-electron chi connectivity index (χ3n) is 1.44. The molecule has 1 heteroatoms. The minimum Gasteiger partial charge on any atom is -0.399 e. The molecule has 53 valence electrons. The minimum atomic E-state index is 0.869. The Morgan fingerprint density at radius 2 is 2.30 bits per heavy atom. The van der Waals surface area contributed by atoms with Gasteiger partial charge in [-0.25, -0.2) is 0 Å². The van der Waals surface area contributed by atoms with E-state index >= 15 is 0 Å². The van der Waals surface area contributed by atoms with Gasteiger partial charge in [0.05, 0.1) is 0 Å². The fourth-order valence-corrected chi connectivity index (χ4v) is 0.913. The zero-order valence-electron chi connectivity index (χ0n) is 6.17. The van der Waals surface area contributed by atoms with Crippen molar-refractivity contribution in [1.29, 1.82) is 0 Å². The van der Waals surface area contributed by atoms with Crippen molar-refractivity contribution in [3.63, 3.8) is 0 Å². The number of hydrogen-bond donors (Lipinski definition) is 1. The van der Waals surface area contributed by atoms with E-state index in [9.17, 15) is 0 Å². The molecule has 1 aliphatic rings. The smallest absolute Gasteiger partial charge is 0.0271 e. The molecule has 0 saturated heterocycles. The van der Waals surface area contributed by atoms with Crippen LogP contribution in [0.25, 0.3) is 0 Å².